The minimum absolute atomic E-state index is 0.150. The van der Waals surface area contributed by atoms with Crippen molar-refractivity contribution in [3.8, 4) is 16.9 Å². The predicted octanol–water partition coefficient (Wildman–Crippen LogP) is 3.87. The van der Waals surface area contributed by atoms with Crippen LogP contribution in [0, 0.1) is 5.82 Å². The van der Waals surface area contributed by atoms with Crippen LogP contribution in [0.25, 0.3) is 11.1 Å². The molecular weight excluding hydrogens is 413 g/mol. The van der Waals surface area contributed by atoms with Crippen molar-refractivity contribution < 1.29 is 28.6 Å². The number of hydrogen-bond donors (Lipinski definition) is 2. The smallest absolute Gasteiger partial charge is 0.307 e. The Morgan fingerprint density at radius 1 is 0.938 bits per heavy atom. The Kier molecular flexibility index (Phi) is 7.57. The van der Waals surface area contributed by atoms with Gasteiger partial charge in [-0.3, -0.25) is 9.59 Å². The number of para-hydroxylation sites is 1. The van der Waals surface area contributed by atoms with Gasteiger partial charge in [-0.05, 0) is 40.5 Å². The summed E-state index contributed by atoms with van der Waals surface area (Å²) in [6.07, 6.45) is -0.337. The zero-order valence-electron chi connectivity index (χ0n) is 17.6. The van der Waals surface area contributed by atoms with E-state index in [-0.39, 0.29) is 25.0 Å². The Morgan fingerprint density at radius 3 is 2.31 bits per heavy atom. The molecule has 0 aliphatic carbocycles. The molecule has 0 fully saturated rings. The maximum Gasteiger partial charge on any atom is 0.307 e. The Morgan fingerprint density at radius 2 is 1.62 bits per heavy atom. The lowest BCUT2D eigenvalue weighted by molar-refractivity contribution is -0.136. The van der Waals surface area contributed by atoms with Crippen LogP contribution < -0.4 is 10.5 Å². The van der Waals surface area contributed by atoms with Crippen molar-refractivity contribution in [2.24, 2.45) is 5.73 Å². The molecule has 1 amide bonds. The molecule has 0 heterocycles. The van der Waals surface area contributed by atoms with Crippen LogP contribution in [-0.4, -0.2) is 24.1 Å². The average molecular weight is 437 g/mol. The molecule has 0 spiro atoms. The van der Waals surface area contributed by atoms with Gasteiger partial charge in [0, 0.05) is 18.2 Å². The molecule has 0 saturated heterocycles. The molecule has 166 valence electrons. The first-order valence-corrected chi connectivity index (χ1v) is 9.97. The van der Waals surface area contributed by atoms with Gasteiger partial charge in [-0.15, -0.1) is 0 Å². The number of methoxy groups -OCH3 is 1. The Balaban J connectivity index is 1.93. The molecule has 0 aliphatic rings. The number of amides is 1. The van der Waals surface area contributed by atoms with E-state index in [2.05, 4.69) is 0 Å². The van der Waals surface area contributed by atoms with E-state index < -0.39 is 17.7 Å². The van der Waals surface area contributed by atoms with Crippen LogP contribution in [0.2, 0.25) is 0 Å². The van der Waals surface area contributed by atoms with Gasteiger partial charge in [0.2, 0.25) is 5.91 Å². The number of nitrogens with two attached hydrogens (primary N) is 1. The lowest BCUT2D eigenvalue weighted by atomic mass is 9.97. The quantitative estimate of drug-likeness (QED) is 0.502. The number of hydrogen-bond acceptors (Lipinski definition) is 4. The van der Waals surface area contributed by atoms with E-state index >= 15 is 4.39 Å². The predicted molar refractivity (Wildman–Crippen MR) is 118 cm³/mol. The van der Waals surface area contributed by atoms with Gasteiger partial charge in [0.05, 0.1) is 19.4 Å². The molecule has 0 radical (unpaired) electrons. The van der Waals surface area contributed by atoms with E-state index in [9.17, 15) is 9.59 Å². The van der Waals surface area contributed by atoms with E-state index in [1.807, 2.05) is 12.1 Å². The number of carbonyl (C=O) groups excluding carboxylic acids is 1. The average Bonchev–Trinajstić information content (AvgIpc) is 2.74. The van der Waals surface area contributed by atoms with Crippen molar-refractivity contribution in [2.75, 3.05) is 7.11 Å². The fourth-order valence-corrected chi connectivity index (χ4v) is 3.49. The molecule has 0 aliphatic heterocycles. The van der Waals surface area contributed by atoms with Crippen LogP contribution >= 0.6 is 0 Å². The summed E-state index contributed by atoms with van der Waals surface area (Å²) < 4.78 is 26.2. The monoisotopic (exact) mass is 437 g/mol. The molecule has 7 heteroatoms. The maximum atomic E-state index is 15.1. The number of aliphatic carboxylic acids is 1. The number of carboxylic acids is 1. The van der Waals surface area contributed by atoms with Gasteiger partial charge in [0.15, 0.2) is 0 Å². The van der Waals surface area contributed by atoms with Gasteiger partial charge in [0.25, 0.3) is 0 Å². The van der Waals surface area contributed by atoms with Crippen molar-refractivity contribution in [1.82, 2.24) is 0 Å². The fraction of sp³-hybridized carbons (Fsp3) is 0.200. The Hall–Kier alpha value is -3.71. The third-order valence-corrected chi connectivity index (χ3v) is 4.83. The normalized spacial score (nSPS) is 10.7. The van der Waals surface area contributed by atoms with E-state index in [0.29, 0.717) is 29.0 Å². The molecule has 32 heavy (non-hydrogen) atoms. The number of carbonyl (C=O) groups is 2. The van der Waals surface area contributed by atoms with Crippen molar-refractivity contribution in [2.45, 2.75) is 26.1 Å². The molecule has 0 aromatic heterocycles. The van der Waals surface area contributed by atoms with Crippen LogP contribution in [0.3, 0.4) is 0 Å². The Labute approximate surface area is 185 Å². The molecule has 3 aromatic carbocycles. The third-order valence-electron chi connectivity index (χ3n) is 4.83. The molecule has 3 aromatic rings. The van der Waals surface area contributed by atoms with Crippen LogP contribution in [-0.2, 0) is 40.4 Å². The highest BCUT2D eigenvalue weighted by atomic mass is 19.1. The molecule has 6 nitrogen and oxygen atoms in total. The van der Waals surface area contributed by atoms with Gasteiger partial charge < -0.3 is 20.3 Å². The van der Waals surface area contributed by atoms with Gasteiger partial charge in [-0.1, -0.05) is 42.5 Å². The van der Waals surface area contributed by atoms with Crippen molar-refractivity contribution >= 4 is 11.9 Å². The van der Waals surface area contributed by atoms with Gasteiger partial charge in [-0.25, -0.2) is 4.39 Å². The zero-order chi connectivity index (χ0) is 23.1. The largest absolute Gasteiger partial charge is 0.489 e. The summed E-state index contributed by atoms with van der Waals surface area (Å²) in [5, 5.41) is 9.10. The minimum atomic E-state index is -0.947. The van der Waals surface area contributed by atoms with E-state index in [0.717, 1.165) is 11.1 Å². The number of carboxylic acid groups (broad SMARTS) is 1. The van der Waals surface area contributed by atoms with Crippen molar-refractivity contribution in [3.63, 3.8) is 0 Å². The van der Waals surface area contributed by atoms with Crippen LogP contribution in [0.4, 0.5) is 4.39 Å². The van der Waals surface area contributed by atoms with Crippen LogP contribution in [0.5, 0.6) is 5.75 Å². The highest BCUT2D eigenvalue weighted by Crippen LogP contribution is 2.29. The molecule has 0 unspecified atom stereocenters. The van der Waals surface area contributed by atoms with E-state index in [4.69, 9.17) is 20.3 Å². The van der Waals surface area contributed by atoms with E-state index in [1.165, 1.54) is 6.07 Å². The zero-order valence-corrected chi connectivity index (χ0v) is 17.6. The van der Waals surface area contributed by atoms with Gasteiger partial charge >= 0.3 is 5.97 Å². The topological polar surface area (TPSA) is 98.8 Å². The summed E-state index contributed by atoms with van der Waals surface area (Å²) in [7, 11) is 1.57. The van der Waals surface area contributed by atoms with Crippen LogP contribution in [0.1, 0.15) is 22.3 Å². The first kappa shape index (κ1) is 23.0. The molecule has 0 saturated carbocycles. The molecule has 3 N–H and O–H groups in total. The SMILES string of the molecule is COCc1cc(COc2ccccc2CC(=O)O)cc(-c2cccc(CC(N)=O)c2F)c1. The van der Waals surface area contributed by atoms with Crippen molar-refractivity contribution in [1.29, 1.82) is 0 Å². The van der Waals surface area contributed by atoms with Gasteiger partial charge in [-0.2, -0.15) is 0 Å². The maximum absolute atomic E-state index is 15.1. The number of halogens is 1. The lowest BCUT2D eigenvalue weighted by Gasteiger charge is -2.14. The minimum Gasteiger partial charge on any atom is -0.489 e. The number of benzene rings is 3. The summed E-state index contributed by atoms with van der Waals surface area (Å²) in [5.41, 5.74) is 8.57. The number of primary amides is 1. The van der Waals surface area contributed by atoms with Gasteiger partial charge in [0.1, 0.15) is 18.2 Å². The lowest BCUT2D eigenvalue weighted by Crippen LogP contribution is -2.14. The molecule has 3 rings (SSSR count). The van der Waals surface area contributed by atoms with Crippen LogP contribution in [0.15, 0.2) is 60.7 Å². The highest BCUT2D eigenvalue weighted by Gasteiger charge is 2.14. The van der Waals surface area contributed by atoms with E-state index in [1.54, 1.807) is 49.6 Å². The number of rotatable bonds is 10. The second kappa shape index (κ2) is 10.5. The van der Waals surface area contributed by atoms with Crippen molar-refractivity contribution in [3.05, 3.63) is 88.7 Å². The fourth-order valence-electron chi connectivity index (χ4n) is 3.49. The molecular formula is C25H24FNO5. The summed E-state index contributed by atoms with van der Waals surface area (Å²) in [5.74, 6) is -1.58. The molecule has 0 atom stereocenters. The summed E-state index contributed by atoms with van der Waals surface area (Å²) >= 11 is 0. The number of ether oxygens (including phenoxy) is 2. The highest BCUT2D eigenvalue weighted by molar-refractivity contribution is 5.78. The summed E-state index contributed by atoms with van der Waals surface area (Å²) in [4.78, 5) is 22.4. The Bertz CT molecular complexity index is 1130. The second-order valence-electron chi connectivity index (χ2n) is 7.36. The summed E-state index contributed by atoms with van der Waals surface area (Å²) in [6, 6.07) is 17.3. The first-order valence-electron chi connectivity index (χ1n) is 9.97. The first-order chi connectivity index (χ1) is 15.4. The third kappa shape index (κ3) is 5.92. The molecule has 0 bridgehead atoms. The second-order valence-corrected chi connectivity index (χ2v) is 7.36. The standard InChI is InChI=1S/C25H24FNO5/c1-31-14-16-9-17(15-32-22-8-3-2-5-18(22)13-24(29)30)11-20(10-16)21-7-4-6-19(25(21)26)12-23(27)28/h2-11H,12-15H2,1H3,(H2,27,28)(H,29,30). The summed E-state index contributed by atoms with van der Waals surface area (Å²) in [6.45, 7) is 0.475.